The Bertz CT molecular complexity index is 273. The summed E-state index contributed by atoms with van der Waals surface area (Å²) >= 11 is 0. The minimum absolute atomic E-state index is 0.120. The maximum atomic E-state index is 6.16. The van der Waals surface area contributed by atoms with Crippen molar-refractivity contribution >= 4 is 0 Å². The van der Waals surface area contributed by atoms with Gasteiger partial charge < -0.3 is 10.1 Å². The molecule has 3 unspecified atom stereocenters. The normalized spacial score (nSPS) is 31.9. The highest BCUT2D eigenvalue weighted by Gasteiger charge is 2.44. The summed E-state index contributed by atoms with van der Waals surface area (Å²) in [4.78, 5) is 0. The van der Waals surface area contributed by atoms with Crippen molar-refractivity contribution in [1.82, 2.24) is 5.32 Å². The number of methoxy groups -OCH3 is 1. The number of rotatable bonds is 6. The molecule has 1 N–H and O–H groups in total. The molecule has 118 valence electrons. The second-order valence-corrected chi connectivity index (χ2v) is 7.29. The Balaban J connectivity index is 2.11. The fourth-order valence-electron chi connectivity index (χ4n) is 4.66. The minimum Gasteiger partial charge on any atom is -0.377 e. The zero-order valence-corrected chi connectivity index (χ0v) is 13.9. The van der Waals surface area contributed by atoms with E-state index in [0.29, 0.717) is 6.04 Å². The van der Waals surface area contributed by atoms with Crippen LogP contribution in [0.2, 0.25) is 0 Å². The Morgan fingerprint density at radius 3 is 2.50 bits per heavy atom. The van der Waals surface area contributed by atoms with E-state index in [0.717, 1.165) is 18.4 Å². The Morgan fingerprint density at radius 2 is 1.90 bits per heavy atom. The first-order chi connectivity index (χ1) is 9.72. The molecule has 2 nitrogen and oxygen atoms in total. The summed E-state index contributed by atoms with van der Waals surface area (Å²) in [5.41, 5.74) is 0.120. The molecule has 2 aliphatic rings. The summed E-state index contributed by atoms with van der Waals surface area (Å²) in [6.07, 6.45) is 13.5. The lowest BCUT2D eigenvalue weighted by Crippen LogP contribution is -2.57. The lowest BCUT2D eigenvalue weighted by atomic mass is 9.69. The molecule has 0 aromatic rings. The van der Waals surface area contributed by atoms with Gasteiger partial charge in [-0.2, -0.15) is 0 Å². The van der Waals surface area contributed by atoms with Crippen LogP contribution in [0.5, 0.6) is 0 Å². The molecule has 2 rings (SSSR count). The second-order valence-electron chi connectivity index (χ2n) is 7.29. The smallest absolute Gasteiger partial charge is 0.0833 e. The first-order valence-electron chi connectivity index (χ1n) is 9.00. The highest BCUT2D eigenvalue weighted by atomic mass is 16.5. The highest BCUT2D eigenvalue weighted by molar-refractivity contribution is 4.99. The van der Waals surface area contributed by atoms with Crippen molar-refractivity contribution in [3.05, 3.63) is 0 Å². The fraction of sp³-hybridized carbons (Fsp3) is 1.00. The molecule has 3 atom stereocenters. The Labute approximate surface area is 126 Å². The molecule has 2 aliphatic carbocycles. The first-order valence-corrected chi connectivity index (χ1v) is 9.00. The number of ether oxygens (including phenoxy) is 1. The van der Waals surface area contributed by atoms with Crippen molar-refractivity contribution in [3.8, 4) is 0 Å². The van der Waals surface area contributed by atoms with Crippen molar-refractivity contribution in [2.75, 3.05) is 13.7 Å². The Kier molecular flexibility index (Phi) is 6.35. The molecule has 0 heterocycles. The van der Waals surface area contributed by atoms with Gasteiger partial charge >= 0.3 is 0 Å². The summed E-state index contributed by atoms with van der Waals surface area (Å²) in [6, 6.07) is 0.579. The molecule has 0 saturated heterocycles. The zero-order valence-electron chi connectivity index (χ0n) is 13.9. The predicted octanol–water partition coefficient (Wildman–Crippen LogP) is 4.53. The molecule has 0 amide bonds. The average Bonchev–Trinajstić information content (AvgIpc) is 2.48. The largest absolute Gasteiger partial charge is 0.377 e. The molecule has 2 heteroatoms. The van der Waals surface area contributed by atoms with E-state index < -0.39 is 0 Å². The molecule has 0 radical (unpaired) electrons. The van der Waals surface area contributed by atoms with Gasteiger partial charge in [-0.25, -0.2) is 0 Å². The first kappa shape index (κ1) is 16.3. The van der Waals surface area contributed by atoms with Crippen LogP contribution in [0.4, 0.5) is 0 Å². The third-order valence-corrected chi connectivity index (χ3v) is 5.74. The van der Waals surface area contributed by atoms with Gasteiger partial charge in [-0.1, -0.05) is 46.0 Å². The maximum absolute atomic E-state index is 6.16. The summed E-state index contributed by atoms with van der Waals surface area (Å²) < 4.78 is 6.16. The van der Waals surface area contributed by atoms with E-state index in [9.17, 15) is 0 Å². The van der Waals surface area contributed by atoms with Crippen LogP contribution in [-0.2, 0) is 4.74 Å². The molecule has 20 heavy (non-hydrogen) atoms. The van der Waals surface area contributed by atoms with Gasteiger partial charge in [0.15, 0.2) is 0 Å². The van der Waals surface area contributed by atoms with E-state index in [4.69, 9.17) is 4.74 Å². The van der Waals surface area contributed by atoms with E-state index in [1.807, 2.05) is 7.11 Å². The molecule has 0 aromatic heterocycles. The van der Waals surface area contributed by atoms with Gasteiger partial charge in [-0.15, -0.1) is 0 Å². The van der Waals surface area contributed by atoms with Gasteiger partial charge in [-0.3, -0.25) is 0 Å². The van der Waals surface area contributed by atoms with Crippen molar-refractivity contribution in [2.24, 2.45) is 11.8 Å². The Hall–Kier alpha value is -0.0800. The zero-order chi connectivity index (χ0) is 14.4. The van der Waals surface area contributed by atoms with Gasteiger partial charge in [0, 0.05) is 13.2 Å². The monoisotopic (exact) mass is 281 g/mol. The van der Waals surface area contributed by atoms with Crippen molar-refractivity contribution in [3.63, 3.8) is 0 Å². The molecule has 0 aliphatic heterocycles. The van der Waals surface area contributed by atoms with Crippen LogP contribution in [-0.4, -0.2) is 25.3 Å². The maximum Gasteiger partial charge on any atom is 0.0833 e. The third kappa shape index (κ3) is 3.76. The summed E-state index contributed by atoms with van der Waals surface area (Å²) in [5, 5.41) is 3.90. The van der Waals surface area contributed by atoms with Crippen LogP contribution in [0.25, 0.3) is 0 Å². The van der Waals surface area contributed by atoms with Crippen LogP contribution in [0.1, 0.15) is 78.1 Å². The molecule has 0 aromatic carbocycles. The van der Waals surface area contributed by atoms with Crippen molar-refractivity contribution in [1.29, 1.82) is 0 Å². The van der Waals surface area contributed by atoms with Crippen LogP contribution >= 0.6 is 0 Å². The Morgan fingerprint density at radius 1 is 1.15 bits per heavy atom. The van der Waals surface area contributed by atoms with Gasteiger partial charge in [-0.05, 0) is 50.5 Å². The van der Waals surface area contributed by atoms with Gasteiger partial charge in [0.2, 0.25) is 0 Å². The van der Waals surface area contributed by atoms with Crippen molar-refractivity contribution in [2.45, 2.75) is 89.7 Å². The van der Waals surface area contributed by atoms with E-state index in [-0.39, 0.29) is 5.60 Å². The quantitative estimate of drug-likeness (QED) is 0.772. The lowest BCUT2D eigenvalue weighted by Gasteiger charge is -2.48. The van der Waals surface area contributed by atoms with E-state index >= 15 is 0 Å². The minimum atomic E-state index is 0.120. The molecule has 2 fully saturated rings. The van der Waals surface area contributed by atoms with Crippen LogP contribution < -0.4 is 5.32 Å². The molecule has 0 spiro atoms. The second kappa shape index (κ2) is 7.79. The predicted molar refractivity (Wildman–Crippen MR) is 86.0 cm³/mol. The standard InChI is InChI=1S/C18H35NO/c1-4-13-19-17(16-10-8-9-15(2)14-16)18(20-3)11-6-5-7-12-18/h15-17,19H,4-14H2,1-3H3. The van der Waals surface area contributed by atoms with Crippen LogP contribution in [0.3, 0.4) is 0 Å². The lowest BCUT2D eigenvalue weighted by molar-refractivity contribution is -0.0869. The van der Waals surface area contributed by atoms with Gasteiger partial charge in [0.25, 0.3) is 0 Å². The third-order valence-electron chi connectivity index (χ3n) is 5.74. The van der Waals surface area contributed by atoms with E-state index in [1.54, 1.807) is 0 Å². The van der Waals surface area contributed by atoms with E-state index in [1.165, 1.54) is 64.2 Å². The summed E-state index contributed by atoms with van der Waals surface area (Å²) in [6.45, 7) is 5.85. The molecular weight excluding hydrogens is 246 g/mol. The SMILES string of the molecule is CCCNC(C1CCCC(C)C1)C1(OC)CCCCC1. The van der Waals surface area contributed by atoms with Gasteiger partial charge in [0.05, 0.1) is 5.60 Å². The van der Waals surface area contributed by atoms with Gasteiger partial charge in [0.1, 0.15) is 0 Å². The number of hydrogen-bond donors (Lipinski definition) is 1. The summed E-state index contributed by atoms with van der Waals surface area (Å²) in [5.74, 6) is 1.72. The number of nitrogens with one attached hydrogen (secondary N) is 1. The molecule has 0 bridgehead atoms. The molecular formula is C18H35NO. The van der Waals surface area contributed by atoms with Crippen LogP contribution in [0, 0.1) is 11.8 Å². The molecule has 2 saturated carbocycles. The topological polar surface area (TPSA) is 21.3 Å². The average molecular weight is 281 g/mol. The summed E-state index contributed by atoms with van der Waals surface area (Å²) in [7, 11) is 1.96. The highest BCUT2D eigenvalue weighted by Crippen LogP contribution is 2.41. The van der Waals surface area contributed by atoms with Crippen LogP contribution in [0.15, 0.2) is 0 Å². The fourth-order valence-corrected chi connectivity index (χ4v) is 4.66. The number of hydrogen-bond acceptors (Lipinski definition) is 2. The van der Waals surface area contributed by atoms with Crippen molar-refractivity contribution < 1.29 is 4.74 Å². The van der Waals surface area contributed by atoms with E-state index in [2.05, 4.69) is 19.2 Å².